The molecule has 550 valence electrons. The first-order chi connectivity index (χ1) is 45.8. The third-order valence-electron chi connectivity index (χ3n) is 24.2. The highest BCUT2D eigenvalue weighted by Gasteiger charge is 2.91. The van der Waals surface area contributed by atoms with Gasteiger partial charge in [0.25, 0.3) is 0 Å². The van der Waals surface area contributed by atoms with Crippen LogP contribution < -0.4 is 0 Å². The van der Waals surface area contributed by atoms with E-state index in [0.717, 1.165) is 12.8 Å². The Balaban J connectivity index is 0.000000156. The summed E-state index contributed by atoms with van der Waals surface area (Å²) < 4.78 is 123. The Bertz CT molecular complexity index is 2990. The first-order valence-electron chi connectivity index (χ1n) is 38.8. The van der Waals surface area contributed by atoms with Crippen molar-refractivity contribution in [1.29, 1.82) is 0 Å². The Morgan fingerprint density at radius 1 is 0.265 bits per heavy atom. The Morgan fingerprint density at radius 3 is 0.796 bits per heavy atom. The van der Waals surface area contributed by atoms with Crippen molar-refractivity contribution in [2.75, 3.05) is 0 Å². The maximum absolute atomic E-state index is 12.3. The molecule has 0 spiro atoms. The van der Waals surface area contributed by atoms with Gasteiger partial charge in [-0.05, 0) is 170 Å². The number of rotatable bonds is 0. The van der Waals surface area contributed by atoms with Crippen molar-refractivity contribution in [2.45, 2.75) is 350 Å². The molecule has 0 radical (unpaired) electrons. The minimum Gasteiger partial charge on any atom is -0.199 e. The third kappa shape index (κ3) is 22.0. The Kier molecular flexibility index (Phi) is 28.6. The van der Waals surface area contributed by atoms with Gasteiger partial charge in [0.05, 0.1) is 6.42 Å². The molecule has 9 saturated carbocycles. The highest BCUT2D eigenvalue weighted by molar-refractivity contribution is 6.13. The summed E-state index contributed by atoms with van der Waals surface area (Å²) >= 11 is 0. The van der Waals surface area contributed by atoms with Gasteiger partial charge in [0, 0.05) is 0 Å². The quantitative estimate of drug-likeness (QED) is 0.105. The molecule has 11 aliphatic rings. The van der Waals surface area contributed by atoms with Gasteiger partial charge >= 0.3 is 29.6 Å². The first-order valence-corrected chi connectivity index (χ1v) is 38.8. The lowest BCUT2D eigenvalue weighted by Gasteiger charge is -2.45. The van der Waals surface area contributed by atoms with Crippen LogP contribution in [0.2, 0.25) is 0 Å². The molecule has 0 heterocycles. The molecule has 11 aliphatic carbocycles. The second-order valence-electron chi connectivity index (χ2n) is 35.9. The summed E-state index contributed by atoms with van der Waals surface area (Å²) in [7, 11) is 0. The summed E-state index contributed by atoms with van der Waals surface area (Å²) in [6.45, 7) is 28.6. The van der Waals surface area contributed by atoms with Crippen LogP contribution >= 0.6 is 0 Å². The third-order valence-corrected chi connectivity index (χ3v) is 24.2. The molecule has 5 aromatic rings. The molecule has 0 aliphatic heterocycles. The average Bonchev–Trinajstić information content (AvgIpc) is 0.885. The maximum Gasteiger partial charge on any atom is 0.384 e. The van der Waals surface area contributed by atoms with Gasteiger partial charge in [0.15, 0.2) is 0 Å². The van der Waals surface area contributed by atoms with Gasteiger partial charge < -0.3 is 0 Å². The van der Waals surface area contributed by atoms with Crippen molar-refractivity contribution >= 4 is 21.5 Å². The van der Waals surface area contributed by atoms with Gasteiger partial charge in [-0.15, -0.1) is 0 Å². The summed E-state index contributed by atoms with van der Waals surface area (Å²) in [6.07, 6.45) is 49.4. The topological polar surface area (TPSA) is 0 Å². The summed E-state index contributed by atoms with van der Waals surface area (Å²) in [5.74, 6) is -29.4. The smallest absolute Gasteiger partial charge is 0.199 e. The fourth-order valence-electron chi connectivity index (χ4n) is 17.9. The standard InChI is InChI=1S/C15H10.C13H10.C10H20.2C9H18.C8H16.C7H12.C6H2F10.C6H12.C5H10/c1-3-10-7-8-11-4-2-6-13-9-12(5-1)14(10)15(11)13;1-3-7-12-10(5-1)9-11-6-2-4-8-13(11)12;1-9(2)6-5-7-10(3,4)8-9;1-8(2)5-6-9(3,4)7-8;1-8(2)6-5-7-9(8,3)4;1-2-4-6-8-7-5-3-1;1-2-7-4-3-6(1)5-7;7-2(8)1-3(9,10)5(13,14)6(15,16)4(2,11)12;1-2-4-6-5-3-1;1-2-4-5-3-1/h1-8H,9H2;1-8H,9H2;5-8H2,1-4H3;2*5-7H2,1-4H3;1-8H2;6-7H,1-5H2;1H2;1-6H2;1-5H2. The zero-order valence-corrected chi connectivity index (χ0v) is 62.8. The van der Waals surface area contributed by atoms with E-state index in [-0.39, 0.29) is 0 Å². The number of alkyl halides is 10. The zero-order valence-electron chi connectivity index (χ0n) is 62.8. The molecule has 5 aromatic carbocycles. The molecule has 10 heteroatoms. The van der Waals surface area contributed by atoms with E-state index in [1.807, 2.05) is 0 Å². The van der Waals surface area contributed by atoms with Gasteiger partial charge in [0.2, 0.25) is 0 Å². The van der Waals surface area contributed by atoms with Crippen molar-refractivity contribution in [3.8, 4) is 11.1 Å². The summed E-state index contributed by atoms with van der Waals surface area (Å²) in [5, 5.41) is 5.71. The Morgan fingerprint density at radius 2 is 0.541 bits per heavy atom. The molecule has 0 atom stereocenters. The van der Waals surface area contributed by atoms with E-state index >= 15 is 0 Å². The van der Waals surface area contributed by atoms with Crippen LogP contribution in [0, 0.1) is 44.3 Å². The molecule has 0 amide bonds. The molecule has 98 heavy (non-hydrogen) atoms. The first kappa shape index (κ1) is 81.2. The summed E-state index contributed by atoms with van der Waals surface area (Å²) in [4.78, 5) is 0. The number of halogens is 10. The SMILES string of the molecule is C1CC2CCC1C2.C1CCCC1.C1CCCCC1.C1CCCCCCC1.CC1(C)CCC(C)(C)C1.CC1(C)CCCC(C)(C)C1.CC1(C)CCCC1(C)C.FC1(F)CC(F)(F)C(F)(F)C(F)(F)C1(F)F.c1cc2c3c(c1)ccc1cccc(c13)C2.c1ccc2c(c1)Cc1ccccc1-2. The van der Waals surface area contributed by atoms with E-state index in [1.54, 1.807) is 32.1 Å². The fourth-order valence-corrected chi connectivity index (χ4v) is 17.9. The van der Waals surface area contributed by atoms with Crippen molar-refractivity contribution in [2.24, 2.45) is 44.3 Å². The number of benzene rings is 5. The van der Waals surface area contributed by atoms with E-state index in [1.165, 1.54) is 253 Å². The van der Waals surface area contributed by atoms with Crippen molar-refractivity contribution in [1.82, 2.24) is 0 Å². The second-order valence-corrected chi connectivity index (χ2v) is 35.9. The molecule has 0 unspecified atom stereocenters. The van der Waals surface area contributed by atoms with Crippen LogP contribution in [0.3, 0.4) is 0 Å². The van der Waals surface area contributed by atoms with Crippen molar-refractivity contribution in [3.63, 3.8) is 0 Å². The fraction of sp³-hybridized carbons (Fsp3) is 0.705. The molecule has 0 aromatic heterocycles. The molecule has 16 rings (SSSR count). The Labute approximate surface area is 587 Å². The van der Waals surface area contributed by atoms with Crippen molar-refractivity contribution < 1.29 is 43.9 Å². The number of fused-ring (bicyclic) bond motifs is 5. The van der Waals surface area contributed by atoms with Crippen LogP contribution in [0.4, 0.5) is 43.9 Å². The molecule has 0 saturated heterocycles. The van der Waals surface area contributed by atoms with Gasteiger partial charge in [0.1, 0.15) is 0 Å². The molecule has 0 N–H and O–H groups in total. The van der Waals surface area contributed by atoms with Gasteiger partial charge in [-0.3, -0.25) is 0 Å². The largest absolute Gasteiger partial charge is 0.384 e. The van der Waals surface area contributed by atoms with Crippen LogP contribution in [-0.4, -0.2) is 29.6 Å². The van der Waals surface area contributed by atoms with E-state index in [2.05, 4.69) is 180 Å². The zero-order chi connectivity index (χ0) is 71.9. The second kappa shape index (κ2) is 34.5. The van der Waals surface area contributed by atoms with Gasteiger partial charge in [-0.2, -0.15) is 43.9 Å². The van der Waals surface area contributed by atoms with Crippen LogP contribution in [-0.2, 0) is 12.8 Å². The van der Waals surface area contributed by atoms with E-state index in [9.17, 15) is 43.9 Å². The highest BCUT2D eigenvalue weighted by Crippen LogP contribution is 2.64. The van der Waals surface area contributed by atoms with Crippen LogP contribution in [0.15, 0.2) is 97.1 Å². The highest BCUT2D eigenvalue weighted by atomic mass is 19.4. The summed E-state index contributed by atoms with van der Waals surface area (Å²) in [6, 6.07) is 35.0. The number of hydrogen-bond donors (Lipinski definition) is 0. The van der Waals surface area contributed by atoms with Crippen LogP contribution in [0.25, 0.3) is 32.7 Å². The van der Waals surface area contributed by atoms with Crippen LogP contribution in [0.5, 0.6) is 0 Å². The monoisotopic (exact) mass is 1370 g/mol. The van der Waals surface area contributed by atoms with E-state index in [0.29, 0.717) is 32.5 Å². The van der Waals surface area contributed by atoms with Gasteiger partial charge in [-0.1, -0.05) is 341 Å². The molecular weight excluding hydrogens is 1250 g/mol. The maximum atomic E-state index is 12.3. The molecule has 9 fully saturated rings. The van der Waals surface area contributed by atoms with E-state index in [4.69, 9.17) is 0 Å². The Hall–Kier alpha value is -4.08. The van der Waals surface area contributed by atoms with E-state index < -0.39 is 36.0 Å². The minimum absolute atomic E-state index is 0.590. The average molecular weight is 1380 g/mol. The normalized spacial score (nSPS) is 25.9. The lowest BCUT2D eigenvalue weighted by atomic mass is 9.65. The minimum atomic E-state index is -6.83. The van der Waals surface area contributed by atoms with Crippen molar-refractivity contribution in [3.05, 3.63) is 119 Å². The predicted molar refractivity (Wildman–Crippen MR) is 395 cm³/mol. The number of hydrogen-bond acceptors (Lipinski definition) is 0. The molecule has 0 nitrogen and oxygen atoms in total. The molecular formula is C88H128F10. The molecule has 2 bridgehead atoms. The summed E-state index contributed by atoms with van der Waals surface area (Å²) in [5.41, 5.74) is 12.4. The lowest BCUT2D eigenvalue weighted by molar-refractivity contribution is -0.443. The predicted octanol–water partition coefficient (Wildman–Crippen LogP) is 30.4. The van der Waals surface area contributed by atoms with Gasteiger partial charge in [-0.25, -0.2) is 0 Å². The van der Waals surface area contributed by atoms with Crippen LogP contribution in [0.1, 0.15) is 330 Å². The lowest BCUT2D eigenvalue weighted by Crippen LogP contribution is -2.73.